The number of hydrogen-bond acceptors (Lipinski definition) is 2. The van der Waals surface area contributed by atoms with E-state index in [9.17, 15) is 0 Å². The van der Waals surface area contributed by atoms with Crippen molar-refractivity contribution in [2.45, 2.75) is 110 Å². The molecule has 38 heavy (non-hydrogen) atoms. The SMILES string of the molecule is CCCCCCCCC#C[C@@H](c1ccccc1)N1CCN(Cc2ccccc2)C2C1[C@@]1(C)CC[C@@H]2C1(C)C. The van der Waals surface area contributed by atoms with Crippen LogP contribution in [0.5, 0.6) is 0 Å². The molecule has 0 radical (unpaired) electrons. The Morgan fingerprint density at radius 2 is 1.55 bits per heavy atom. The van der Waals surface area contributed by atoms with Crippen molar-refractivity contribution in [2.24, 2.45) is 16.7 Å². The molecule has 2 aliphatic carbocycles. The van der Waals surface area contributed by atoms with Crippen molar-refractivity contribution in [3.05, 3.63) is 71.8 Å². The molecule has 2 saturated carbocycles. The molecule has 3 aliphatic rings. The van der Waals surface area contributed by atoms with E-state index >= 15 is 0 Å². The fourth-order valence-corrected chi connectivity index (χ4v) is 8.28. The van der Waals surface area contributed by atoms with Crippen LogP contribution in [0.4, 0.5) is 0 Å². The molecule has 5 atom stereocenters. The van der Waals surface area contributed by atoms with Crippen molar-refractivity contribution >= 4 is 0 Å². The van der Waals surface area contributed by atoms with Crippen molar-refractivity contribution in [1.82, 2.24) is 9.80 Å². The molecular formula is C36H50N2. The number of piperazine rings is 1. The second kappa shape index (κ2) is 12.0. The quantitative estimate of drug-likeness (QED) is 0.233. The first kappa shape index (κ1) is 27.5. The molecule has 2 bridgehead atoms. The van der Waals surface area contributed by atoms with Crippen LogP contribution in [0.25, 0.3) is 0 Å². The minimum atomic E-state index is 0.189. The van der Waals surface area contributed by atoms with Crippen LogP contribution in [0, 0.1) is 28.6 Å². The van der Waals surface area contributed by atoms with Crippen LogP contribution in [0.3, 0.4) is 0 Å². The lowest BCUT2D eigenvalue weighted by molar-refractivity contribution is -0.0530. The molecule has 1 heterocycles. The number of hydrogen-bond donors (Lipinski definition) is 0. The van der Waals surface area contributed by atoms with Gasteiger partial charge < -0.3 is 0 Å². The fourth-order valence-electron chi connectivity index (χ4n) is 8.28. The second-order valence-corrected chi connectivity index (χ2v) is 13.1. The molecule has 2 heteroatoms. The van der Waals surface area contributed by atoms with E-state index < -0.39 is 0 Å². The van der Waals surface area contributed by atoms with Crippen LogP contribution in [-0.4, -0.2) is 35.0 Å². The highest BCUT2D eigenvalue weighted by atomic mass is 15.3. The van der Waals surface area contributed by atoms with E-state index in [4.69, 9.17) is 0 Å². The Labute approximate surface area is 233 Å². The van der Waals surface area contributed by atoms with Crippen LogP contribution >= 0.6 is 0 Å². The Morgan fingerprint density at radius 1 is 0.868 bits per heavy atom. The monoisotopic (exact) mass is 510 g/mol. The number of benzene rings is 2. The summed E-state index contributed by atoms with van der Waals surface area (Å²) in [5.74, 6) is 8.27. The van der Waals surface area contributed by atoms with Gasteiger partial charge in [0.1, 0.15) is 0 Å². The van der Waals surface area contributed by atoms with Crippen molar-refractivity contribution in [2.75, 3.05) is 13.1 Å². The van der Waals surface area contributed by atoms with Gasteiger partial charge in [0.15, 0.2) is 0 Å². The lowest BCUT2D eigenvalue weighted by Gasteiger charge is -2.54. The minimum Gasteiger partial charge on any atom is -0.293 e. The Kier molecular flexibility index (Phi) is 8.66. The zero-order chi connectivity index (χ0) is 26.6. The van der Waals surface area contributed by atoms with Gasteiger partial charge in [-0.25, -0.2) is 0 Å². The smallest absolute Gasteiger partial charge is 0.0974 e. The minimum absolute atomic E-state index is 0.189. The van der Waals surface area contributed by atoms with E-state index in [0.29, 0.717) is 22.9 Å². The highest BCUT2D eigenvalue weighted by molar-refractivity contribution is 5.31. The summed E-state index contributed by atoms with van der Waals surface area (Å²) in [5, 5.41) is 0. The molecule has 2 unspecified atom stereocenters. The van der Waals surface area contributed by atoms with Gasteiger partial charge in [0.2, 0.25) is 0 Å². The number of unbranched alkanes of at least 4 members (excludes halogenated alkanes) is 6. The van der Waals surface area contributed by atoms with Crippen molar-refractivity contribution < 1.29 is 0 Å². The third kappa shape index (κ3) is 5.22. The average Bonchev–Trinajstić information content (AvgIpc) is 3.27. The molecule has 2 aromatic carbocycles. The second-order valence-electron chi connectivity index (χ2n) is 13.1. The van der Waals surface area contributed by atoms with Crippen molar-refractivity contribution in [3.63, 3.8) is 0 Å². The first-order valence-electron chi connectivity index (χ1n) is 15.5. The summed E-state index contributed by atoms with van der Waals surface area (Å²) in [6.45, 7) is 13.3. The van der Waals surface area contributed by atoms with Crippen LogP contribution in [-0.2, 0) is 6.54 Å². The predicted molar refractivity (Wildman–Crippen MR) is 161 cm³/mol. The number of nitrogens with zero attached hydrogens (tertiary/aromatic N) is 2. The van der Waals surface area contributed by atoms with Crippen LogP contribution < -0.4 is 0 Å². The van der Waals surface area contributed by atoms with Crippen molar-refractivity contribution in [3.8, 4) is 11.8 Å². The molecular weight excluding hydrogens is 460 g/mol. The van der Waals surface area contributed by atoms with Crippen molar-refractivity contribution in [1.29, 1.82) is 0 Å². The van der Waals surface area contributed by atoms with E-state index in [0.717, 1.165) is 32.0 Å². The maximum absolute atomic E-state index is 3.85. The lowest BCUT2D eigenvalue weighted by Crippen LogP contribution is -2.63. The first-order valence-corrected chi connectivity index (χ1v) is 15.5. The first-order chi connectivity index (χ1) is 18.5. The van der Waals surface area contributed by atoms with E-state index in [2.05, 4.69) is 110 Å². The summed E-state index contributed by atoms with van der Waals surface area (Å²) in [7, 11) is 0. The summed E-state index contributed by atoms with van der Waals surface area (Å²) < 4.78 is 0. The van der Waals surface area contributed by atoms with Gasteiger partial charge >= 0.3 is 0 Å². The molecule has 3 fully saturated rings. The molecule has 1 saturated heterocycles. The maximum Gasteiger partial charge on any atom is 0.0974 e. The molecule has 204 valence electrons. The Hall–Kier alpha value is -2.08. The van der Waals surface area contributed by atoms with Gasteiger partial charge in [0.25, 0.3) is 0 Å². The normalized spacial score (nSPS) is 29.0. The van der Waals surface area contributed by atoms with Crippen LogP contribution in [0.2, 0.25) is 0 Å². The molecule has 2 aromatic rings. The van der Waals surface area contributed by atoms with Gasteiger partial charge in [-0.1, -0.05) is 126 Å². The van der Waals surface area contributed by atoms with E-state index in [1.165, 1.54) is 62.5 Å². The van der Waals surface area contributed by atoms with Crippen LogP contribution in [0.1, 0.15) is 103 Å². The molecule has 1 aliphatic heterocycles. The Balaban J connectivity index is 1.41. The highest BCUT2D eigenvalue weighted by Crippen LogP contribution is 2.68. The van der Waals surface area contributed by atoms with Gasteiger partial charge in [0, 0.05) is 38.1 Å². The Bertz CT molecular complexity index is 1080. The third-order valence-electron chi connectivity index (χ3n) is 10.8. The summed E-state index contributed by atoms with van der Waals surface area (Å²) >= 11 is 0. The molecule has 5 rings (SSSR count). The average molecular weight is 511 g/mol. The predicted octanol–water partition coefficient (Wildman–Crippen LogP) is 8.49. The van der Waals surface area contributed by atoms with E-state index in [1.807, 2.05) is 0 Å². The molecule has 0 aromatic heterocycles. The molecule has 0 spiro atoms. The fraction of sp³-hybridized carbons (Fsp3) is 0.611. The molecule has 2 nitrogen and oxygen atoms in total. The van der Waals surface area contributed by atoms with Gasteiger partial charge in [-0.05, 0) is 47.1 Å². The summed E-state index contributed by atoms with van der Waals surface area (Å²) in [4.78, 5) is 5.70. The molecule has 0 N–H and O–H groups in total. The maximum atomic E-state index is 3.85. The van der Waals surface area contributed by atoms with Gasteiger partial charge in [-0.15, -0.1) is 5.92 Å². The standard InChI is InChI=1S/C36H50N2/c1-5-6-7-8-9-10-11-18-23-32(30-21-16-13-17-22-30)38-27-26-37(28-29-19-14-12-15-20-29)33-31-24-25-36(4,34(33)38)35(31,2)3/h12-17,19-22,31-34H,5-11,24-28H2,1-4H3/t31-,32-,33?,34?,36+/m0/s1. The highest BCUT2D eigenvalue weighted by Gasteiger charge is 2.69. The summed E-state index contributed by atoms with van der Waals surface area (Å²) in [5.41, 5.74) is 3.48. The third-order valence-corrected chi connectivity index (χ3v) is 10.8. The summed E-state index contributed by atoms with van der Waals surface area (Å²) in [6.07, 6.45) is 11.7. The zero-order valence-corrected chi connectivity index (χ0v) is 24.5. The molecule has 0 amide bonds. The topological polar surface area (TPSA) is 6.48 Å². The van der Waals surface area contributed by atoms with Gasteiger partial charge in [-0.3, -0.25) is 9.80 Å². The largest absolute Gasteiger partial charge is 0.293 e. The lowest BCUT2D eigenvalue weighted by atomic mass is 9.68. The zero-order valence-electron chi connectivity index (χ0n) is 24.5. The van der Waals surface area contributed by atoms with Gasteiger partial charge in [-0.2, -0.15) is 0 Å². The Morgan fingerprint density at radius 3 is 2.29 bits per heavy atom. The van der Waals surface area contributed by atoms with Gasteiger partial charge in [0.05, 0.1) is 6.04 Å². The number of rotatable bonds is 10. The van der Waals surface area contributed by atoms with E-state index in [1.54, 1.807) is 0 Å². The van der Waals surface area contributed by atoms with Crippen LogP contribution in [0.15, 0.2) is 60.7 Å². The summed E-state index contributed by atoms with van der Waals surface area (Å²) in [6, 6.07) is 23.7. The number of fused-ring (bicyclic) bond motifs is 5. The van der Waals surface area contributed by atoms with E-state index in [-0.39, 0.29) is 6.04 Å².